The molecule has 3 fully saturated rings. The van der Waals surface area contributed by atoms with Gasteiger partial charge < -0.3 is 40.7 Å². The smallest absolute Gasteiger partial charge is 0.306 e. The molecule has 1 aliphatic heterocycles. The van der Waals surface area contributed by atoms with Gasteiger partial charge in [0.15, 0.2) is 17.7 Å². The lowest BCUT2D eigenvalue weighted by Crippen LogP contribution is -2.69. The van der Waals surface area contributed by atoms with Crippen molar-refractivity contribution in [3.8, 4) is 0 Å². The van der Waals surface area contributed by atoms with Crippen molar-refractivity contribution >= 4 is 58.7 Å². The number of rotatable bonds is 20. The van der Waals surface area contributed by atoms with E-state index in [0.29, 0.717) is 38.5 Å². The summed E-state index contributed by atoms with van der Waals surface area (Å²) in [6.07, 6.45) is 7.01. The number of imide groups is 1. The van der Waals surface area contributed by atoms with E-state index in [1.54, 1.807) is 19.1 Å². The second-order valence-electron chi connectivity index (χ2n) is 17.8. The monoisotopic (exact) mass is 888 g/mol. The van der Waals surface area contributed by atoms with Crippen molar-refractivity contribution in [2.45, 2.75) is 140 Å². The normalized spacial score (nSPS) is 32.1. The first-order chi connectivity index (χ1) is 29.2. The molecule has 0 aromatic carbocycles. The fraction of sp³-hybridized carbons (Fsp3) is 0.682. The molecule has 62 heavy (non-hydrogen) atoms. The number of aliphatic hydroxyl groups excluding tert-OH is 2. The Kier molecular flexibility index (Phi) is 15.4. The molecule has 0 aromatic rings. The quantitative estimate of drug-likeness (QED) is 0.0336. The van der Waals surface area contributed by atoms with Gasteiger partial charge in [-0.1, -0.05) is 45.8 Å². The van der Waals surface area contributed by atoms with Crippen LogP contribution >= 0.6 is 11.6 Å². The van der Waals surface area contributed by atoms with E-state index in [0.717, 1.165) is 10.5 Å². The number of Topliss-reactive ketones (excluding diaryl/α,β-unsaturated/α-hetero) is 1. The minimum atomic E-state index is -1.75. The van der Waals surface area contributed by atoms with Crippen molar-refractivity contribution in [2.75, 3.05) is 19.9 Å². The van der Waals surface area contributed by atoms with Gasteiger partial charge in [-0.25, -0.2) is 0 Å². The molecule has 1 unspecified atom stereocenters. The molecule has 3 saturated carbocycles. The van der Waals surface area contributed by atoms with Crippen LogP contribution in [-0.2, 0) is 47.8 Å². The number of amides is 5. The Morgan fingerprint density at radius 3 is 2.32 bits per heavy atom. The van der Waals surface area contributed by atoms with E-state index in [9.17, 15) is 53.7 Å². The van der Waals surface area contributed by atoms with Crippen LogP contribution in [0.25, 0.3) is 0 Å². The summed E-state index contributed by atoms with van der Waals surface area (Å²) in [7, 11) is 0. The van der Waals surface area contributed by atoms with Crippen molar-refractivity contribution in [3.63, 3.8) is 0 Å². The molecule has 5 rings (SSSR count). The van der Waals surface area contributed by atoms with Gasteiger partial charge in [0.1, 0.15) is 25.4 Å². The van der Waals surface area contributed by atoms with Crippen LogP contribution in [0.3, 0.4) is 0 Å². The minimum Gasteiger partial charge on any atom is -0.450 e. The van der Waals surface area contributed by atoms with E-state index < -0.39 is 94.5 Å². The van der Waals surface area contributed by atoms with Gasteiger partial charge in [-0.15, -0.1) is 11.6 Å². The molecule has 6 N–H and O–H groups in total. The van der Waals surface area contributed by atoms with Gasteiger partial charge >= 0.3 is 5.97 Å². The topological polar surface area (TPSA) is 255 Å². The Morgan fingerprint density at radius 2 is 1.66 bits per heavy atom. The average molecular weight is 889 g/mol. The number of hydrogen-bond donors (Lipinski definition) is 6. The average Bonchev–Trinajstić information content (AvgIpc) is 3.65. The molecule has 18 heteroatoms. The maximum Gasteiger partial charge on any atom is 0.306 e. The van der Waals surface area contributed by atoms with Crippen LogP contribution in [0.5, 0.6) is 0 Å². The largest absolute Gasteiger partial charge is 0.450 e. The number of nitrogens with zero attached hydrogens (tertiary/aromatic N) is 1. The second kappa shape index (κ2) is 19.6. The van der Waals surface area contributed by atoms with Crippen LogP contribution in [0, 0.1) is 28.6 Å². The van der Waals surface area contributed by atoms with Crippen LogP contribution in [0.15, 0.2) is 36.0 Å². The van der Waals surface area contributed by atoms with Gasteiger partial charge in [-0.3, -0.25) is 43.3 Å². The lowest BCUT2D eigenvalue weighted by atomic mass is 9.45. The zero-order chi connectivity index (χ0) is 45.8. The third kappa shape index (κ3) is 9.33. The number of allylic oxidation sites excluding steroid dienone is 4. The second-order valence-corrected chi connectivity index (χ2v) is 18.4. The van der Waals surface area contributed by atoms with E-state index in [1.807, 2.05) is 20.8 Å². The van der Waals surface area contributed by atoms with E-state index in [1.165, 1.54) is 25.2 Å². The first-order valence-corrected chi connectivity index (χ1v) is 21.9. The SMILES string of the molecule is CCC(=O)O[C@]1(C(=O)COCNC(=O)[C@H](C)NC(=O)[C@H](CCC(O)O)NC(=O)CCCCCN2C(=O)C=CC2=O)[C@@H](C)CC2[C@@H]3CCC4=CC(=O)C=C[C@]4(C)[C@@]3(Cl)[C@@H](O)C[C@@]21C. The van der Waals surface area contributed by atoms with Crippen molar-refractivity contribution < 1.29 is 63.1 Å². The molecule has 0 radical (unpaired) electrons. The molecule has 17 nitrogen and oxygen atoms in total. The summed E-state index contributed by atoms with van der Waals surface area (Å²) in [5.41, 5.74) is -2.71. The van der Waals surface area contributed by atoms with Gasteiger partial charge in [0.05, 0.1) is 11.0 Å². The van der Waals surface area contributed by atoms with Crippen molar-refractivity contribution in [2.24, 2.45) is 28.6 Å². The van der Waals surface area contributed by atoms with Gasteiger partial charge in [-0.2, -0.15) is 0 Å². The van der Waals surface area contributed by atoms with Gasteiger partial charge in [-0.05, 0) is 75.9 Å². The number of fused-ring (bicyclic) bond motifs is 5. The summed E-state index contributed by atoms with van der Waals surface area (Å²) >= 11 is 7.59. The Bertz CT molecular complexity index is 1880. The maximum atomic E-state index is 14.5. The highest BCUT2D eigenvalue weighted by atomic mass is 35.5. The van der Waals surface area contributed by atoms with E-state index in [-0.39, 0.29) is 68.1 Å². The van der Waals surface area contributed by atoms with Crippen LogP contribution in [0.2, 0.25) is 0 Å². The van der Waals surface area contributed by atoms with Crippen LogP contribution in [0.1, 0.15) is 105 Å². The molecular weight excluding hydrogens is 828 g/mol. The third-order valence-corrected chi connectivity index (χ3v) is 15.0. The Labute approximate surface area is 366 Å². The Morgan fingerprint density at radius 1 is 0.968 bits per heavy atom. The fourth-order valence-corrected chi connectivity index (χ4v) is 11.3. The van der Waals surface area contributed by atoms with Crippen LogP contribution in [0.4, 0.5) is 0 Å². The minimum absolute atomic E-state index is 0.00403. The first kappa shape index (κ1) is 48.7. The van der Waals surface area contributed by atoms with Gasteiger partial charge in [0, 0.05) is 54.7 Å². The number of ketones is 2. The predicted molar refractivity (Wildman–Crippen MR) is 222 cm³/mol. The zero-order valence-corrected chi connectivity index (χ0v) is 36.8. The number of nitrogens with one attached hydrogen (secondary N) is 3. The number of unbranched alkanes of at least 4 members (excludes halogenated alkanes) is 2. The molecular formula is C44H61ClN4O13. The third-order valence-electron chi connectivity index (χ3n) is 14.0. The highest BCUT2D eigenvalue weighted by molar-refractivity contribution is 6.26. The number of hydrogen-bond acceptors (Lipinski definition) is 13. The van der Waals surface area contributed by atoms with Gasteiger partial charge in [0.2, 0.25) is 23.5 Å². The first-order valence-electron chi connectivity index (χ1n) is 21.6. The number of carbonyl (C=O) groups excluding carboxylic acids is 8. The summed E-state index contributed by atoms with van der Waals surface area (Å²) < 4.78 is 11.9. The number of aliphatic hydroxyl groups is 3. The lowest BCUT2D eigenvalue weighted by Gasteiger charge is -2.64. The molecule has 0 bridgehead atoms. The molecule has 1 heterocycles. The molecule has 342 valence electrons. The molecule has 0 aromatic heterocycles. The lowest BCUT2D eigenvalue weighted by molar-refractivity contribution is -0.203. The summed E-state index contributed by atoms with van der Waals surface area (Å²) in [6, 6.07) is -2.36. The number of ether oxygens (including phenoxy) is 2. The molecule has 0 saturated heterocycles. The molecule has 5 amide bonds. The Hall–Kier alpha value is -4.29. The highest BCUT2D eigenvalue weighted by Crippen LogP contribution is 2.72. The van der Waals surface area contributed by atoms with Crippen LogP contribution in [-0.4, -0.2) is 122 Å². The highest BCUT2D eigenvalue weighted by Gasteiger charge is 2.76. The maximum absolute atomic E-state index is 14.5. The number of alkyl halides is 1. The molecule has 4 aliphatic carbocycles. The summed E-state index contributed by atoms with van der Waals surface area (Å²) in [4.78, 5) is 102. The predicted octanol–water partition coefficient (Wildman–Crippen LogP) is 1.79. The van der Waals surface area contributed by atoms with Gasteiger partial charge in [0.25, 0.3) is 11.8 Å². The van der Waals surface area contributed by atoms with Crippen molar-refractivity contribution in [3.05, 3.63) is 36.0 Å². The van der Waals surface area contributed by atoms with Crippen LogP contribution < -0.4 is 16.0 Å². The molecule has 5 aliphatic rings. The van der Waals surface area contributed by atoms with E-state index >= 15 is 0 Å². The van der Waals surface area contributed by atoms with E-state index in [2.05, 4.69) is 16.0 Å². The number of carbonyl (C=O) groups is 8. The summed E-state index contributed by atoms with van der Waals surface area (Å²) in [5, 5.41) is 38.5. The molecule has 10 atom stereocenters. The number of halogens is 1. The van der Waals surface area contributed by atoms with Crippen molar-refractivity contribution in [1.29, 1.82) is 0 Å². The molecule has 0 spiro atoms. The zero-order valence-electron chi connectivity index (χ0n) is 36.1. The van der Waals surface area contributed by atoms with E-state index in [4.69, 9.17) is 21.1 Å². The number of esters is 1. The Balaban J connectivity index is 1.16. The standard InChI is InChI=1S/C44H61ClN4O13/c1-6-38(58)62-44(25(2)20-30-29-12-11-27-21-28(50)17-18-41(27,4)43(29,45)32(51)22-42(30,44)5)33(52)23-61-24-46-39(59)26(3)47-40(60)31(13-16-37(56)57)48-34(53)10-8-7-9-19-49-35(54)14-15-36(49)55/h14-15,17-18,21,25-26,29-32,37,51,56-57H,6-13,16,19-20,22-24H2,1-5H3,(H,46,59)(H,47,60)(H,48,53)/t25-,26-,29-,30?,31-,32-,41-,42-,43-,44-/m0/s1. The summed E-state index contributed by atoms with van der Waals surface area (Å²) in [6.45, 7) is 7.85. The summed E-state index contributed by atoms with van der Waals surface area (Å²) in [5.74, 6) is -5.03. The fourth-order valence-electron chi connectivity index (χ4n) is 10.8. The van der Waals surface area contributed by atoms with Crippen molar-refractivity contribution in [1.82, 2.24) is 20.9 Å².